The molecule has 0 fully saturated rings. The number of nitrogens with zero attached hydrogens (tertiary/aromatic N) is 1. The second-order valence-corrected chi connectivity index (χ2v) is 5.48. The summed E-state index contributed by atoms with van der Waals surface area (Å²) in [4.78, 5) is 4.32. The number of nitrogens with two attached hydrogens (primary N) is 1. The first kappa shape index (κ1) is 12.3. The van der Waals surface area contributed by atoms with Crippen molar-refractivity contribution < 1.29 is 4.39 Å². The van der Waals surface area contributed by atoms with Gasteiger partial charge in [-0.2, -0.15) is 0 Å². The van der Waals surface area contributed by atoms with E-state index in [4.69, 9.17) is 5.73 Å². The SMILES string of the molecule is Cc1nc(CNc2cc(Br)c(F)cc2N)cs1. The van der Waals surface area contributed by atoms with E-state index in [1.165, 1.54) is 6.07 Å². The number of hydrogen-bond donors (Lipinski definition) is 2. The first-order valence-electron chi connectivity index (χ1n) is 4.95. The zero-order valence-corrected chi connectivity index (χ0v) is 11.5. The predicted molar refractivity (Wildman–Crippen MR) is 72.7 cm³/mol. The summed E-state index contributed by atoms with van der Waals surface area (Å²) in [7, 11) is 0. The Hall–Kier alpha value is -1.14. The molecule has 3 N–H and O–H groups in total. The normalized spacial score (nSPS) is 10.5. The summed E-state index contributed by atoms with van der Waals surface area (Å²) in [5, 5.41) is 6.14. The van der Waals surface area contributed by atoms with Crippen molar-refractivity contribution in [3.05, 3.63) is 38.5 Å². The van der Waals surface area contributed by atoms with Gasteiger partial charge in [0.15, 0.2) is 0 Å². The summed E-state index contributed by atoms with van der Waals surface area (Å²) >= 11 is 4.72. The van der Waals surface area contributed by atoms with E-state index in [2.05, 4.69) is 26.2 Å². The number of nitrogen functional groups attached to an aromatic ring is 1. The van der Waals surface area contributed by atoms with Gasteiger partial charge in [-0.25, -0.2) is 9.37 Å². The van der Waals surface area contributed by atoms with Crippen molar-refractivity contribution in [2.45, 2.75) is 13.5 Å². The van der Waals surface area contributed by atoms with Crippen molar-refractivity contribution in [3.63, 3.8) is 0 Å². The van der Waals surface area contributed by atoms with Crippen LogP contribution in [-0.4, -0.2) is 4.98 Å². The summed E-state index contributed by atoms with van der Waals surface area (Å²) in [5.41, 5.74) is 7.75. The van der Waals surface area contributed by atoms with Gasteiger partial charge in [0.1, 0.15) is 5.82 Å². The molecule has 0 saturated heterocycles. The van der Waals surface area contributed by atoms with Crippen LogP contribution in [0.4, 0.5) is 15.8 Å². The van der Waals surface area contributed by atoms with Gasteiger partial charge in [-0.1, -0.05) is 0 Å². The average molecular weight is 316 g/mol. The number of rotatable bonds is 3. The molecule has 17 heavy (non-hydrogen) atoms. The Kier molecular flexibility index (Phi) is 3.63. The maximum Gasteiger partial charge on any atom is 0.139 e. The smallest absolute Gasteiger partial charge is 0.139 e. The second-order valence-electron chi connectivity index (χ2n) is 3.56. The maximum absolute atomic E-state index is 13.2. The molecule has 1 aromatic heterocycles. The van der Waals surface area contributed by atoms with Gasteiger partial charge in [-0.3, -0.25) is 0 Å². The zero-order chi connectivity index (χ0) is 12.4. The molecule has 0 atom stereocenters. The Labute approximate surface area is 111 Å². The van der Waals surface area contributed by atoms with Gasteiger partial charge in [-0.15, -0.1) is 11.3 Å². The molecule has 0 aliphatic heterocycles. The van der Waals surface area contributed by atoms with Crippen molar-refractivity contribution in [2.75, 3.05) is 11.1 Å². The molecule has 6 heteroatoms. The molecule has 0 bridgehead atoms. The van der Waals surface area contributed by atoms with E-state index < -0.39 is 0 Å². The molecule has 0 radical (unpaired) electrons. The lowest BCUT2D eigenvalue weighted by Gasteiger charge is -2.09. The van der Waals surface area contributed by atoms with Crippen molar-refractivity contribution in [2.24, 2.45) is 0 Å². The maximum atomic E-state index is 13.2. The lowest BCUT2D eigenvalue weighted by molar-refractivity contribution is 0.622. The molecule has 0 saturated carbocycles. The average Bonchev–Trinajstić information content (AvgIpc) is 2.68. The Balaban J connectivity index is 2.11. The van der Waals surface area contributed by atoms with Crippen LogP contribution in [0, 0.1) is 12.7 Å². The van der Waals surface area contributed by atoms with Crippen LogP contribution in [0.1, 0.15) is 10.7 Å². The number of aryl methyl sites for hydroxylation is 1. The number of halogens is 2. The molecule has 1 aromatic carbocycles. The van der Waals surface area contributed by atoms with Crippen LogP contribution in [0.25, 0.3) is 0 Å². The highest BCUT2D eigenvalue weighted by Gasteiger charge is 2.06. The van der Waals surface area contributed by atoms with Gasteiger partial charge in [0.05, 0.1) is 33.1 Å². The number of benzene rings is 1. The summed E-state index contributed by atoms with van der Waals surface area (Å²) in [5.74, 6) is -0.363. The molecule has 1 heterocycles. The van der Waals surface area contributed by atoms with E-state index in [0.717, 1.165) is 10.7 Å². The van der Waals surface area contributed by atoms with Crippen LogP contribution < -0.4 is 11.1 Å². The van der Waals surface area contributed by atoms with Gasteiger partial charge >= 0.3 is 0 Å². The number of nitrogens with one attached hydrogen (secondary N) is 1. The highest BCUT2D eigenvalue weighted by molar-refractivity contribution is 9.10. The fourth-order valence-electron chi connectivity index (χ4n) is 1.39. The molecular formula is C11H11BrFN3S. The van der Waals surface area contributed by atoms with Crippen LogP contribution in [0.15, 0.2) is 22.0 Å². The third-order valence-corrected chi connectivity index (χ3v) is 3.65. The topological polar surface area (TPSA) is 50.9 Å². The minimum absolute atomic E-state index is 0.363. The minimum atomic E-state index is -0.363. The fourth-order valence-corrected chi connectivity index (χ4v) is 2.35. The summed E-state index contributed by atoms with van der Waals surface area (Å²) in [6.07, 6.45) is 0. The van der Waals surface area contributed by atoms with Crippen LogP contribution in [0.2, 0.25) is 0 Å². The molecular weight excluding hydrogens is 305 g/mol. The third kappa shape index (κ3) is 2.95. The van der Waals surface area contributed by atoms with Gasteiger partial charge in [0, 0.05) is 11.4 Å². The van der Waals surface area contributed by atoms with Crippen LogP contribution in [0.3, 0.4) is 0 Å². The highest BCUT2D eigenvalue weighted by Crippen LogP contribution is 2.27. The quantitative estimate of drug-likeness (QED) is 0.852. The number of anilines is 2. The standard InChI is InChI=1S/C11H11BrFN3S/c1-6-16-7(5-17-6)4-15-11-2-8(12)9(13)3-10(11)14/h2-3,5,15H,4,14H2,1H3. The Morgan fingerprint density at radius 3 is 2.94 bits per heavy atom. The van der Waals surface area contributed by atoms with Crippen LogP contribution >= 0.6 is 27.3 Å². The third-order valence-electron chi connectivity index (χ3n) is 2.22. The summed E-state index contributed by atoms with van der Waals surface area (Å²) in [6, 6.07) is 2.92. The lowest BCUT2D eigenvalue weighted by atomic mass is 10.2. The van der Waals surface area contributed by atoms with E-state index in [1.807, 2.05) is 12.3 Å². The lowest BCUT2D eigenvalue weighted by Crippen LogP contribution is -2.03. The van der Waals surface area contributed by atoms with E-state index in [9.17, 15) is 4.39 Å². The zero-order valence-electron chi connectivity index (χ0n) is 9.13. The molecule has 0 unspecified atom stereocenters. The number of aromatic nitrogens is 1. The summed E-state index contributed by atoms with van der Waals surface area (Å²) < 4.78 is 13.6. The summed E-state index contributed by atoms with van der Waals surface area (Å²) in [6.45, 7) is 2.53. The van der Waals surface area contributed by atoms with Crippen molar-refractivity contribution in [1.29, 1.82) is 0 Å². The van der Waals surface area contributed by atoms with Gasteiger partial charge in [-0.05, 0) is 28.9 Å². The van der Waals surface area contributed by atoms with Gasteiger partial charge in [0.25, 0.3) is 0 Å². The molecule has 0 aliphatic rings. The first-order valence-corrected chi connectivity index (χ1v) is 6.63. The molecule has 3 nitrogen and oxygen atoms in total. The van der Waals surface area contributed by atoms with Gasteiger partial charge in [0.2, 0.25) is 0 Å². The predicted octanol–water partition coefficient (Wildman–Crippen LogP) is 3.55. The Morgan fingerprint density at radius 2 is 2.29 bits per heavy atom. The molecule has 2 rings (SSSR count). The molecule has 2 aromatic rings. The van der Waals surface area contributed by atoms with E-state index >= 15 is 0 Å². The largest absolute Gasteiger partial charge is 0.397 e. The monoisotopic (exact) mass is 315 g/mol. The van der Waals surface area contributed by atoms with Crippen molar-refractivity contribution in [3.8, 4) is 0 Å². The first-order chi connectivity index (χ1) is 8.06. The molecule has 0 spiro atoms. The second kappa shape index (κ2) is 5.01. The number of thiazole rings is 1. The van der Waals surface area contributed by atoms with E-state index in [0.29, 0.717) is 22.4 Å². The molecule has 90 valence electrons. The fraction of sp³-hybridized carbons (Fsp3) is 0.182. The molecule has 0 amide bonds. The van der Waals surface area contributed by atoms with Crippen LogP contribution in [-0.2, 0) is 6.54 Å². The van der Waals surface area contributed by atoms with E-state index in [1.54, 1.807) is 17.4 Å². The van der Waals surface area contributed by atoms with Crippen molar-refractivity contribution >= 4 is 38.6 Å². The van der Waals surface area contributed by atoms with Crippen LogP contribution in [0.5, 0.6) is 0 Å². The highest BCUT2D eigenvalue weighted by atomic mass is 79.9. The van der Waals surface area contributed by atoms with Gasteiger partial charge < -0.3 is 11.1 Å². The molecule has 0 aliphatic carbocycles. The Morgan fingerprint density at radius 1 is 1.53 bits per heavy atom. The Bertz CT molecular complexity index is 542. The number of hydrogen-bond acceptors (Lipinski definition) is 4. The van der Waals surface area contributed by atoms with E-state index in [-0.39, 0.29) is 5.82 Å². The van der Waals surface area contributed by atoms with Crippen molar-refractivity contribution in [1.82, 2.24) is 4.98 Å². The minimum Gasteiger partial charge on any atom is -0.397 e.